The van der Waals surface area contributed by atoms with Gasteiger partial charge in [0.2, 0.25) is 0 Å². The van der Waals surface area contributed by atoms with E-state index in [2.05, 4.69) is 5.11 Å². The van der Waals surface area contributed by atoms with Gasteiger partial charge in [0, 0.05) is 11.2 Å². The SMILES string of the molecule is CC(C)S(=O)(=O)c1ccccc1N=[N+]([O-])c1ccccc1S(=O)(=O)C(C)C. The van der Waals surface area contributed by atoms with E-state index in [4.69, 9.17) is 0 Å². The summed E-state index contributed by atoms with van der Waals surface area (Å²) in [5, 5.41) is 15.1. The molecule has 0 atom stereocenters. The number of rotatable bonds is 6. The zero-order valence-electron chi connectivity index (χ0n) is 15.5. The molecule has 0 fully saturated rings. The van der Waals surface area contributed by atoms with Crippen molar-refractivity contribution in [2.75, 3.05) is 0 Å². The third-order valence-electron chi connectivity index (χ3n) is 3.99. The first-order chi connectivity index (χ1) is 12.5. The molecule has 2 rings (SSSR count). The third kappa shape index (κ3) is 4.19. The molecule has 0 radical (unpaired) electrons. The van der Waals surface area contributed by atoms with Gasteiger partial charge in [-0.25, -0.2) is 16.8 Å². The molecule has 0 N–H and O–H groups in total. The fourth-order valence-electron chi connectivity index (χ4n) is 2.30. The molecule has 0 spiro atoms. The maximum Gasteiger partial charge on any atom is 0.263 e. The smallest absolute Gasteiger partial charge is 0.263 e. The predicted octanol–water partition coefficient (Wildman–Crippen LogP) is 3.98. The Morgan fingerprint density at radius 3 is 1.78 bits per heavy atom. The van der Waals surface area contributed by atoms with Crippen LogP contribution < -0.4 is 0 Å². The van der Waals surface area contributed by atoms with E-state index >= 15 is 0 Å². The number of benzene rings is 2. The Hall–Kier alpha value is -2.26. The van der Waals surface area contributed by atoms with Crippen molar-refractivity contribution in [1.29, 1.82) is 0 Å². The van der Waals surface area contributed by atoms with Crippen molar-refractivity contribution in [1.82, 2.24) is 0 Å². The van der Waals surface area contributed by atoms with Crippen molar-refractivity contribution in [3.8, 4) is 0 Å². The second-order valence-corrected chi connectivity index (χ2v) is 11.4. The van der Waals surface area contributed by atoms with Crippen LogP contribution in [0.2, 0.25) is 0 Å². The van der Waals surface area contributed by atoms with Crippen LogP contribution in [0.25, 0.3) is 0 Å². The molecule has 0 aliphatic carbocycles. The van der Waals surface area contributed by atoms with Crippen LogP contribution in [0.3, 0.4) is 0 Å². The average molecular weight is 411 g/mol. The molecule has 0 saturated heterocycles. The number of hydrogen-bond acceptors (Lipinski definition) is 6. The van der Waals surface area contributed by atoms with Gasteiger partial charge in [-0.2, -0.15) is 0 Å². The van der Waals surface area contributed by atoms with Crippen LogP contribution >= 0.6 is 0 Å². The molecule has 0 unspecified atom stereocenters. The van der Waals surface area contributed by atoms with Crippen molar-refractivity contribution in [2.24, 2.45) is 5.11 Å². The number of azo groups is 1. The zero-order chi connectivity index (χ0) is 20.4. The van der Waals surface area contributed by atoms with Crippen LogP contribution in [0.5, 0.6) is 0 Å². The van der Waals surface area contributed by atoms with Crippen LogP contribution in [-0.2, 0) is 19.7 Å². The minimum absolute atomic E-state index is 0.0436. The summed E-state index contributed by atoms with van der Waals surface area (Å²) < 4.78 is 50.1. The van der Waals surface area contributed by atoms with Crippen molar-refractivity contribution in [3.63, 3.8) is 0 Å². The van der Waals surface area contributed by atoms with E-state index in [0.717, 1.165) is 0 Å². The Morgan fingerprint density at radius 1 is 0.778 bits per heavy atom. The van der Waals surface area contributed by atoms with Crippen molar-refractivity contribution >= 4 is 31.0 Å². The molecule has 0 amide bonds. The van der Waals surface area contributed by atoms with Crippen LogP contribution in [0, 0.1) is 5.21 Å². The fourth-order valence-corrected chi connectivity index (χ4v) is 4.69. The van der Waals surface area contributed by atoms with Gasteiger partial charge in [-0.15, -0.1) is 0 Å². The van der Waals surface area contributed by atoms with Gasteiger partial charge < -0.3 is 5.21 Å². The molecule has 0 aliphatic heterocycles. The normalized spacial score (nSPS) is 13.3. The second kappa shape index (κ2) is 7.77. The van der Waals surface area contributed by atoms with Crippen molar-refractivity contribution in [2.45, 2.75) is 48.0 Å². The molecule has 0 aliphatic rings. The summed E-state index contributed by atoms with van der Waals surface area (Å²) in [6.07, 6.45) is 0. The maximum atomic E-state index is 12.6. The van der Waals surface area contributed by atoms with Crippen LogP contribution in [0.15, 0.2) is 63.4 Å². The predicted molar refractivity (Wildman–Crippen MR) is 103 cm³/mol. The second-order valence-electron chi connectivity index (χ2n) is 6.50. The van der Waals surface area contributed by atoms with Gasteiger partial charge in [0.15, 0.2) is 25.4 Å². The van der Waals surface area contributed by atoms with Gasteiger partial charge in [-0.1, -0.05) is 24.3 Å². The molecule has 27 heavy (non-hydrogen) atoms. The van der Waals surface area contributed by atoms with E-state index in [0.29, 0.717) is 0 Å². The first-order valence-corrected chi connectivity index (χ1v) is 11.4. The molecule has 146 valence electrons. The van der Waals surface area contributed by atoms with Gasteiger partial charge in [0.1, 0.15) is 4.90 Å². The Bertz CT molecular complexity index is 1070. The van der Waals surface area contributed by atoms with Gasteiger partial charge in [0.05, 0.1) is 15.4 Å². The van der Waals surface area contributed by atoms with E-state index in [9.17, 15) is 22.0 Å². The van der Waals surface area contributed by atoms with E-state index in [1.54, 1.807) is 12.1 Å². The molecular formula is C18H22N2O5S2. The Morgan fingerprint density at radius 2 is 1.22 bits per heavy atom. The van der Waals surface area contributed by atoms with Crippen molar-refractivity contribution < 1.29 is 21.7 Å². The molecule has 7 nitrogen and oxygen atoms in total. The molecule has 0 saturated carbocycles. The molecule has 0 bridgehead atoms. The first-order valence-electron chi connectivity index (χ1n) is 8.34. The molecule has 9 heteroatoms. The summed E-state index contributed by atoms with van der Waals surface area (Å²) in [6, 6.07) is 11.6. The lowest BCUT2D eigenvalue weighted by molar-refractivity contribution is -0.438. The average Bonchev–Trinajstić information content (AvgIpc) is 2.61. The highest BCUT2D eigenvalue weighted by molar-refractivity contribution is 7.92. The van der Waals surface area contributed by atoms with Gasteiger partial charge in [-0.05, 0) is 50.8 Å². The molecular weight excluding hydrogens is 388 g/mol. The lowest BCUT2D eigenvalue weighted by Gasteiger charge is -2.11. The summed E-state index contributed by atoms with van der Waals surface area (Å²) in [5.41, 5.74) is -0.208. The highest BCUT2D eigenvalue weighted by atomic mass is 32.2. The summed E-state index contributed by atoms with van der Waals surface area (Å²) in [4.78, 5) is -0.0720. The van der Waals surface area contributed by atoms with E-state index < -0.39 is 30.2 Å². The topological polar surface area (TPSA) is 107 Å². The summed E-state index contributed by atoms with van der Waals surface area (Å²) in [7, 11) is -7.38. The maximum absolute atomic E-state index is 12.6. The minimum Gasteiger partial charge on any atom is -0.594 e. The Labute approximate surface area is 159 Å². The molecule has 0 aromatic heterocycles. The zero-order valence-corrected chi connectivity index (χ0v) is 17.2. The molecule has 2 aromatic rings. The van der Waals surface area contributed by atoms with Crippen molar-refractivity contribution in [3.05, 3.63) is 53.7 Å². The number of hydrogen-bond donors (Lipinski definition) is 0. The first kappa shape index (κ1) is 21.0. The van der Waals surface area contributed by atoms with E-state index in [1.165, 1.54) is 64.1 Å². The molecule has 2 aromatic carbocycles. The summed E-state index contributed by atoms with van der Waals surface area (Å²) in [6.45, 7) is 6.10. The van der Waals surface area contributed by atoms with E-state index in [-0.39, 0.29) is 26.0 Å². The highest BCUT2D eigenvalue weighted by Gasteiger charge is 2.28. The van der Waals surface area contributed by atoms with Gasteiger partial charge >= 0.3 is 0 Å². The highest BCUT2D eigenvalue weighted by Crippen LogP contribution is 2.31. The van der Waals surface area contributed by atoms with Crippen LogP contribution in [-0.4, -0.2) is 32.2 Å². The number of nitrogens with zero attached hydrogens (tertiary/aromatic N) is 2. The lowest BCUT2D eigenvalue weighted by atomic mass is 10.3. The largest absolute Gasteiger partial charge is 0.594 e. The Balaban J connectivity index is 2.67. The van der Waals surface area contributed by atoms with Gasteiger partial charge in [0.25, 0.3) is 5.69 Å². The third-order valence-corrected chi connectivity index (χ3v) is 8.39. The van der Waals surface area contributed by atoms with Gasteiger partial charge in [-0.3, -0.25) is 0 Å². The van der Waals surface area contributed by atoms with E-state index in [1.807, 2.05) is 0 Å². The molecule has 0 heterocycles. The number of sulfone groups is 2. The van der Waals surface area contributed by atoms with Crippen LogP contribution in [0.1, 0.15) is 27.7 Å². The minimum atomic E-state index is -3.72. The summed E-state index contributed by atoms with van der Waals surface area (Å²) in [5.74, 6) is 0. The quantitative estimate of drug-likeness (QED) is 0.407. The standard InChI is InChI=1S/C18H22N2O5S2/c1-13(2)26(22,23)17-11-7-5-9-15(17)19-20(21)16-10-6-8-12-18(16)27(24,25)14(3)4/h5-14H,1-4H3. The lowest BCUT2D eigenvalue weighted by Crippen LogP contribution is -2.16. The Kier molecular flexibility index (Phi) is 6.06. The fraction of sp³-hybridized carbons (Fsp3) is 0.333. The van der Waals surface area contributed by atoms with Crippen LogP contribution in [0.4, 0.5) is 11.4 Å². The monoisotopic (exact) mass is 410 g/mol. The number of para-hydroxylation sites is 1. The summed E-state index contributed by atoms with van der Waals surface area (Å²) >= 11 is 0.